The molecule has 0 heterocycles. The minimum atomic E-state index is -1.17. The molecule has 1 saturated carbocycles. The van der Waals surface area contributed by atoms with Crippen LogP contribution in [-0.2, 0) is 11.3 Å². The minimum absolute atomic E-state index is 0.203. The molecule has 1 aromatic carbocycles. The topological polar surface area (TPSA) is 69.6 Å². The molecule has 0 radical (unpaired) electrons. The first-order chi connectivity index (χ1) is 8.10. The lowest BCUT2D eigenvalue weighted by Gasteiger charge is -2.20. The van der Waals surface area contributed by atoms with Crippen molar-refractivity contribution in [2.75, 3.05) is 0 Å². The number of nitrogens with one attached hydrogen (secondary N) is 1. The number of hydrogen-bond donors (Lipinski definition) is 3. The first kappa shape index (κ1) is 11.9. The molecule has 2 rings (SSSR count). The van der Waals surface area contributed by atoms with Crippen molar-refractivity contribution >= 4 is 5.91 Å². The van der Waals surface area contributed by atoms with Crippen molar-refractivity contribution in [3.8, 4) is 5.75 Å². The Labute approximate surface area is 100 Å². The van der Waals surface area contributed by atoms with Crippen LogP contribution >= 0.6 is 0 Å². The van der Waals surface area contributed by atoms with E-state index in [1.807, 2.05) is 0 Å². The van der Waals surface area contributed by atoms with Gasteiger partial charge in [-0.15, -0.1) is 0 Å². The summed E-state index contributed by atoms with van der Waals surface area (Å²) < 4.78 is 0. The second-order valence-electron chi connectivity index (χ2n) is 4.59. The first-order valence-electron chi connectivity index (χ1n) is 5.89. The third kappa shape index (κ3) is 2.77. The minimum Gasteiger partial charge on any atom is -0.508 e. The summed E-state index contributed by atoms with van der Waals surface area (Å²) in [4.78, 5) is 11.8. The average molecular weight is 235 g/mol. The van der Waals surface area contributed by atoms with Crippen LogP contribution in [0.4, 0.5) is 0 Å². The molecule has 1 aromatic rings. The molecule has 4 heteroatoms. The smallest absolute Gasteiger partial charge is 0.252 e. The van der Waals surface area contributed by atoms with Crippen LogP contribution in [0.3, 0.4) is 0 Å². The van der Waals surface area contributed by atoms with Crippen molar-refractivity contribution in [2.24, 2.45) is 0 Å². The van der Waals surface area contributed by atoms with E-state index < -0.39 is 5.60 Å². The van der Waals surface area contributed by atoms with Crippen molar-refractivity contribution in [1.82, 2.24) is 5.32 Å². The van der Waals surface area contributed by atoms with Crippen LogP contribution in [-0.4, -0.2) is 21.7 Å². The Morgan fingerprint density at radius 1 is 1.24 bits per heavy atom. The predicted octanol–water partition coefficient (Wildman–Crippen LogP) is 1.31. The average Bonchev–Trinajstić information content (AvgIpc) is 2.76. The van der Waals surface area contributed by atoms with E-state index in [1.165, 1.54) is 0 Å². The zero-order valence-corrected chi connectivity index (χ0v) is 9.65. The highest BCUT2D eigenvalue weighted by molar-refractivity contribution is 5.85. The van der Waals surface area contributed by atoms with Gasteiger partial charge in [0.2, 0.25) is 0 Å². The highest BCUT2D eigenvalue weighted by atomic mass is 16.3. The van der Waals surface area contributed by atoms with Crippen molar-refractivity contribution in [3.05, 3.63) is 29.8 Å². The van der Waals surface area contributed by atoms with Gasteiger partial charge in [-0.2, -0.15) is 0 Å². The number of aromatic hydroxyl groups is 1. The van der Waals surface area contributed by atoms with Crippen molar-refractivity contribution in [3.63, 3.8) is 0 Å². The molecule has 1 aliphatic rings. The Morgan fingerprint density at radius 3 is 2.41 bits per heavy atom. The molecule has 0 saturated heterocycles. The maximum absolute atomic E-state index is 11.8. The summed E-state index contributed by atoms with van der Waals surface area (Å²) in [6.07, 6.45) is 2.91. The molecule has 0 spiro atoms. The van der Waals surface area contributed by atoms with Crippen LogP contribution in [0.1, 0.15) is 31.2 Å². The molecule has 0 atom stereocenters. The SMILES string of the molecule is O=C(NCc1ccc(O)cc1)C1(O)CCCC1. The van der Waals surface area contributed by atoms with Gasteiger partial charge in [0.1, 0.15) is 11.4 Å². The number of phenols is 1. The van der Waals surface area contributed by atoms with Crippen LogP contribution in [0.2, 0.25) is 0 Å². The normalized spacial score (nSPS) is 17.9. The van der Waals surface area contributed by atoms with E-state index in [0.717, 1.165) is 18.4 Å². The summed E-state index contributed by atoms with van der Waals surface area (Å²) in [5, 5.41) is 21.9. The van der Waals surface area contributed by atoms with Gasteiger partial charge in [-0.1, -0.05) is 12.1 Å². The monoisotopic (exact) mass is 235 g/mol. The van der Waals surface area contributed by atoms with Gasteiger partial charge in [0.15, 0.2) is 0 Å². The molecule has 3 N–H and O–H groups in total. The van der Waals surface area contributed by atoms with E-state index in [0.29, 0.717) is 19.4 Å². The van der Waals surface area contributed by atoms with E-state index in [9.17, 15) is 9.90 Å². The Kier molecular flexibility index (Phi) is 3.33. The molecule has 0 bridgehead atoms. The lowest BCUT2D eigenvalue weighted by molar-refractivity contribution is -0.139. The zero-order chi connectivity index (χ0) is 12.3. The number of carbonyl (C=O) groups excluding carboxylic acids is 1. The van der Waals surface area contributed by atoms with E-state index in [4.69, 9.17) is 5.11 Å². The van der Waals surface area contributed by atoms with Gasteiger partial charge in [0.05, 0.1) is 0 Å². The summed E-state index contributed by atoms with van der Waals surface area (Å²) in [7, 11) is 0. The van der Waals surface area contributed by atoms with Crippen LogP contribution in [0, 0.1) is 0 Å². The molecule has 4 nitrogen and oxygen atoms in total. The Bertz CT molecular complexity index is 394. The fourth-order valence-electron chi connectivity index (χ4n) is 2.15. The maximum atomic E-state index is 11.8. The highest BCUT2D eigenvalue weighted by Gasteiger charge is 2.38. The van der Waals surface area contributed by atoms with Crippen LogP contribution < -0.4 is 5.32 Å². The van der Waals surface area contributed by atoms with Gasteiger partial charge >= 0.3 is 0 Å². The quantitative estimate of drug-likeness (QED) is 0.740. The van der Waals surface area contributed by atoms with Crippen molar-refractivity contribution < 1.29 is 15.0 Å². The molecular formula is C13H17NO3. The second kappa shape index (κ2) is 4.75. The maximum Gasteiger partial charge on any atom is 0.252 e. The third-order valence-corrected chi connectivity index (χ3v) is 3.24. The van der Waals surface area contributed by atoms with Gasteiger partial charge in [0.25, 0.3) is 5.91 Å². The van der Waals surface area contributed by atoms with Crippen molar-refractivity contribution in [1.29, 1.82) is 0 Å². The molecule has 1 aliphatic carbocycles. The summed E-state index contributed by atoms with van der Waals surface area (Å²) >= 11 is 0. The summed E-state index contributed by atoms with van der Waals surface area (Å²) in [5.41, 5.74) is -0.269. The Morgan fingerprint density at radius 2 is 1.82 bits per heavy atom. The fraction of sp³-hybridized carbons (Fsp3) is 0.462. The number of hydrogen-bond acceptors (Lipinski definition) is 3. The number of aliphatic hydroxyl groups is 1. The number of amides is 1. The van der Waals surface area contributed by atoms with Crippen molar-refractivity contribution in [2.45, 2.75) is 37.8 Å². The van der Waals surface area contributed by atoms with Gasteiger partial charge in [-0.05, 0) is 43.4 Å². The van der Waals surface area contributed by atoms with Gasteiger partial charge in [0, 0.05) is 6.54 Å². The zero-order valence-electron chi connectivity index (χ0n) is 9.65. The van der Waals surface area contributed by atoms with E-state index >= 15 is 0 Å². The van der Waals surface area contributed by atoms with Crippen LogP contribution in [0.5, 0.6) is 5.75 Å². The molecule has 17 heavy (non-hydrogen) atoms. The summed E-state index contributed by atoms with van der Waals surface area (Å²) in [6.45, 7) is 0.376. The largest absolute Gasteiger partial charge is 0.508 e. The third-order valence-electron chi connectivity index (χ3n) is 3.24. The molecule has 0 aromatic heterocycles. The summed E-state index contributed by atoms with van der Waals surface area (Å²) in [6, 6.07) is 6.64. The van der Waals surface area contributed by atoms with Gasteiger partial charge < -0.3 is 15.5 Å². The Hall–Kier alpha value is -1.55. The second-order valence-corrected chi connectivity index (χ2v) is 4.59. The highest BCUT2D eigenvalue weighted by Crippen LogP contribution is 2.29. The predicted molar refractivity (Wildman–Crippen MR) is 63.4 cm³/mol. The van der Waals surface area contributed by atoms with Crippen LogP contribution in [0.25, 0.3) is 0 Å². The molecule has 0 aliphatic heterocycles. The van der Waals surface area contributed by atoms with E-state index in [1.54, 1.807) is 24.3 Å². The number of phenolic OH excluding ortho intramolecular Hbond substituents is 1. The molecular weight excluding hydrogens is 218 g/mol. The Balaban J connectivity index is 1.89. The molecule has 1 fully saturated rings. The fourth-order valence-corrected chi connectivity index (χ4v) is 2.15. The lowest BCUT2D eigenvalue weighted by Crippen LogP contribution is -2.44. The van der Waals surface area contributed by atoms with Crippen LogP contribution in [0.15, 0.2) is 24.3 Å². The van der Waals surface area contributed by atoms with E-state index in [-0.39, 0.29) is 11.7 Å². The number of rotatable bonds is 3. The first-order valence-corrected chi connectivity index (χ1v) is 5.89. The van der Waals surface area contributed by atoms with E-state index in [2.05, 4.69) is 5.32 Å². The lowest BCUT2D eigenvalue weighted by atomic mass is 10.0. The number of benzene rings is 1. The molecule has 92 valence electrons. The van der Waals surface area contributed by atoms with Gasteiger partial charge in [-0.25, -0.2) is 0 Å². The molecule has 0 unspecified atom stereocenters. The number of carbonyl (C=O) groups is 1. The summed E-state index contributed by atoms with van der Waals surface area (Å²) in [5.74, 6) is -0.0856. The van der Waals surface area contributed by atoms with Gasteiger partial charge in [-0.3, -0.25) is 4.79 Å². The standard InChI is InChI=1S/C13H17NO3/c15-11-5-3-10(4-6-11)9-14-12(16)13(17)7-1-2-8-13/h3-6,15,17H,1-2,7-9H2,(H,14,16). The molecule has 1 amide bonds.